The molecule has 0 atom stereocenters. The SMILES string of the molecule is CC(C)(C)c1cc(-c2nccc3c2sc2cc(CC4CCCC4)ccc23)[c-]c2ccccc12.CC(C)C(=O)/C=C(\O)C(C)C.[Ir]. The first-order chi connectivity index (χ1) is 20.9. The maximum Gasteiger partial charge on any atom is 0.161 e. The third-order valence-corrected chi connectivity index (χ3v) is 9.92. The van der Waals surface area contributed by atoms with Crippen LogP contribution in [0.3, 0.4) is 0 Å². The van der Waals surface area contributed by atoms with Crippen LogP contribution in [0.4, 0.5) is 0 Å². The number of ketones is 1. The van der Waals surface area contributed by atoms with Crippen LogP contribution in [0.2, 0.25) is 0 Å². The summed E-state index contributed by atoms with van der Waals surface area (Å²) in [6.07, 6.45) is 10.1. The molecule has 0 saturated heterocycles. The molecule has 239 valence electrons. The Morgan fingerprint density at radius 2 is 1.69 bits per heavy atom. The minimum absolute atomic E-state index is 0. The number of benzene rings is 3. The predicted molar refractivity (Wildman–Crippen MR) is 189 cm³/mol. The average molecular weight is 797 g/mol. The van der Waals surface area contributed by atoms with E-state index in [-0.39, 0.29) is 48.9 Å². The second kappa shape index (κ2) is 14.7. The van der Waals surface area contributed by atoms with Gasteiger partial charge in [0.2, 0.25) is 0 Å². The van der Waals surface area contributed by atoms with Gasteiger partial charge in [-0.15, -0.1) is 40.5 Å². The van der Waals surface area contributed by atoms with Gasteiger partial charge in [-0.3, -0.25) is 9.78 Å². The molecule has 1 saturated carbocycles. The fourth-order valence-corrected chi connectivity index (χ4v) is 7.34. The number of thiophene rings is 1. The van der Waals surface area contributed by atoms with Crippen LogP contribution >= 0.6 is 11.3 Å². The molecule has 6 rings (SSSR count). The number of hydrogen-bond donors (Lipinski definition) is 1. The molecule has 0 bridgehead atoms. The molecule has 1 N–H and O–H groups in total. The Labute approximate surface area is 286 Å². The van der Waals surface area contributed by atoms with Crippen LogP contribution in [-0.2, 0) is 36.7 Å². The number of nitrogens with zero attached hydrogens (tertiary/aromatic N) is 1. The number of aromatic nitrogens is 1. The van der Waals surface area contributed by atoms with Crippen molar-refractivity contribution in [2.75, 3.05) is 0 Å². The van der Waals surface area contributed by atoms with Gasteiger partial charge in [0.1, 0.15) is 0 Å². The molecule has 2 heterocycles. The molecule has 0 spiro atoms. The number of allylic oxidation sites excluding steroid dienone is 2. The molecular formula is C40H46IrNO2S-. The summed E-state index contributed by atoms with van der Waals surface area (Å²) in [6.45, 7) is 14.2. The van der Waals surface area contributed by atoms with E-state index in [1.807, 2.05) is 45.2 Å². The zero-order valence-electron chi connectivity index (χ0n) is 27.7. The summed E-state index contributed by atoms with van der Waals surface area (Å²) >= 11 is 1.89. The van der Waals surface area contributed by atoms with E-state index in [0.29, 0.717) is 0 Å². The molecule has 1 fully saturated rings. The Balaban J connectivity index is 0.000000332. The number of carbonyl (C=O) groups excluding carboxylic acids is 1. The molecule has 2 aromatic heterocycles. The van der Waals surface area contributed by atoms with Crippen LogP contribution < -0.4 is 0 Å². The minimum Gasteiger partial charge on any atom is -0.512 e. The number of hydrogen-bond acceptors (Lipinski definition) is 4. The molecule has 5 heteroatoms. The van der Waals surface area contributed by atoms with Gasteiger partial charge < -0.3 is 5.11 Å². The fraction of sp³-hybridized carbons (Fsp3) is 0.400. The first kappa shape index (κ1) is 35.0. The minimum atomic E-state index is -0.0316. The fourth-order valence-electron chi connectivity index (χ4n) is 6.07. The molecule has 5 aromatic rings. The maximum atomic E-state index is 11.0. The van der Waals surface area contributed by atoms with Crippen LogP contribution in [0, 0.1) is 23.8 Å². The predicted octanol–water partition coefficient (Wildman–Crippen LogP) is 11.4. The Bertz CT molecular complexity index is 1820. The van der Waals surface area contributed by atoms with Crippen molar-refractivity contribution in [2.24, 2.45) is 17.8 Å². The summed E-state index contributed by atoms with van der Waals surface area (Å²) in [7, 11) is 0. The van der Waals surface area contributed by atoms with Gasteiger partial charge in [-0.2, -0.15) is 0 Å². The van der Waals surface area contributed by atoms with Crippen molar-refractivity contribution >= 4 is 48.1 Å². The van der Waals surface area contributed by atoms with Gasteiger partial charge >= 0.3 is 0 Å². The molecule has 1 aliphatic rings. The zero-order chi connectivity index (χ0) is 31.6. The van der Waals surface area contributed by atoms with Crippen LogP contribution in [-0.4, -0.2) is 15.9 Å². The van der Waals surface area contributed by atoms with Crippen molar-refractivity contribution in [2.45, 2.75) is 86.0 Å². The molecule has 1 radical (unpaired) electrons. The van der Waals surface area contributed by atoms with E-state index >= 15 is 0 Å². The third-order valence-electron chi connectivity index (χ3n) is 8.74. The van der Waals surface area contributed by atoms with Crippen molar-refractivity contribution in [3.63, 3.8) is 0 Å². The smallest absolute Gasteiger partial charge is 0.161 e. The molecule has 0 unspecified atom stereocenters. The van der Waals surface area contributed by atoms with E-state index < -0.39 is 0 Å². The normalized spacial score (nSPS) is 14.3. The summed E-state index contributed by atoms with van der Waals surface area (Å²) in [6, 6.07) is 23.9. The number of rotatable bonds is 6. The van der Waals surface area contributed by atoms with Crippen molar-refractivity contribution in [3.05, 3.63) is 89.8 Å². The topological polar surface area (TPSA) is 50.2 Å². The maximum absolute atomic E-state index is 11.0. The van der Waals surface area contributed by atoms with Crippen molar-refractivity contribution < 1.29 is 30.0 Å². The zero-order valence-corrected chi connectivity index (χ0v) is 30.9. The van der Waals surface area contributed by atoms with E-state index in [9.17, 15) is 9.90 Å². The number of aliphatic hydroxyl groups excluding tert-OH is 1. The first-order valence-corrected chi connectivity index (χ1v) is 16.9. The van der Waals surface area contributed by atoms with Gasteiger partial charge in [-0.25, -0.2) is 0 Å². The Hall–Kier alpha value is -2.85. The Morgan fingerprint density at radius 1 is 0.978 bits per heavy atom. The monoisotopic (exact) mass is 797 g/mol. The number of pyridine rings is 1. The second-order valence-corrected chi connectivity index (χ2v) is 15.0. The van der Waals surface area contributed by atoms with E-state index in [4.69, 9.17) is 4.98 Å². The van der Waals surface area contributed by atoms with Gasteiger partial charge in [-0.1, -0.05) is 115 Å². The standard InChI is InChI=1S/C31H30NS.C9H16O2.Ir/c1-31(2,3)27-19-23(18-22-10-6-7-11-24(22)27)29-30-26(14-15-32-29)25-13-12-21(17-28(25)33-30)16-20-8-4-5-9-20;1-6(2)8(10)5-9(11)7(3)4;/h6-7,10-15,17,19-20H,4-5,8-9,16H2,1-3H3;5-7,10H,1-4H3;/q-1;;/b;8-5-;. The van der Waals surface area contributed by atoms with Crippen LogP contribution in [0.15, 0.2) is 72.6 Å². The summed E-state index contributed by atoms with van der Waals surface area (Å²) in [4.78, 5) is 15.9. The average Bonchev–Trinajstić information content (AvgIpc) is 3.63. The third kappa shape index (κ3) is 8.12. The summed E-state index contributed by atoms with van der Waals surface area (Å²) in [5.41, 5.74) is 5.05. The van der Waals surface area contributed by atoms with E-state index in [1.54, 1.807) is 0 Å². The van der Waals surface area contributed by atoms with Gasteiger partial charge in [-0.05, 0) is 46.2 Å². The van der Waals surface area contributed by atoms with Crippen molar-refractivity contribution in [3.8, 4) is 11.3 Å². The summed E-state index contributed by atoms with van der Waals surface area (Å²) < 4.78 is 2.66. The van der Waals surface area contributed by atoms with Crippen LogP contribution in [0.25, 0.3) is 42.2 Å². The van der Waals surface area contributed by atoms with Crippen LogP contribution in [0.5, 0.6) is 0 Å². The van der Waals surface area contributed by atoms with E-state index in [1.165, 1.54) is 80.3 Å². The van der Waals surface area contributed by atoms with E-state index in [2.05, 4.69) is 81.4 Å². The van der Waals surface area contributed by atoms with Gasteiger partial charge in [0.15, 0.2) is 5.78 Å². The van der Waals surface area contributed by atoms with Gasteiger partial charge in [0.05, 0.1) is 5.76 Å². The second-order valence-electron chi connectivity index (χ2n) is 14.0. The Morgan fingerprint density at radius 3 is 2.36 bits per heavy atom. The largest absolute Gasteiger partial charge is 0.512 e. The first-order valence-electron chi connectivity index (χ1n) is 16.1. The van der Waals surface area contributed by atoms with Gasteiger partial charge in [0.25, 0.3) is 0 Å². The Kier molecular flexibility index (Phi) is 11.4. The summed E-state index contributed by atoms with van der Waals surface area (Å²) in [5, 5.41) is 14.3. The molecule has 1 aliphatic carbocycles. The van der Waals surface area contributed by atoms with Gasteiger partial charge in [0, 0.05) is 59.3 Å². The molecular weight excluding hydrogens is 751 g/mol. The van der Waals surface area contributed by atoms with Crippen molar-refractivity contribution in [1.29, 1.82) is 0 Å². The molecule has 0 amide bonds. The number of aliphatic hydroxyl groups is 1. The van der Waals surface area contributed by atoms with E-state index in [0.717, 1.165) is 17.2 Å². The molecule has 0 aliphatic heterocycles. The van der Waals surface area contributed by atoms with Crippen LogP contribution in [0.1, 0.15) is 85.3 Å². The molecule has 3 nitrogen and oxygen atoms in total. The quantitative estimate of drug-likeness (QED) is 0.106. The summed E-state index contributed by atoms with van der Waals surface area (Å²) in [5.74, 6) is 1.03. The molecule has 45 heavy (non-hydrogen) atoms. The van der Waals surface area contributed by atoms with Crippen molar-refractivity contribution in [1.82, 2.24) is 4.98 Å². The number of fused-ring (bicyclic) bond motifs is 4. The number of carbonyl (C=O) groups is 1. The molecule has 3 aromatic carbocycles.